The Bertz CT molecular complexity index is 1220. The van der Waals surface area contributed by atoms with Crippen LogP contribution in [0.5, 0.6) is 5.75 Å². The second-order valence-corrected chi connectivity index (χ2v) is 11.2. The van der Waals surface area contributed by atoms with Crippen LogP contribution >= 0.6 is 0 Å². The summed E-state index contributed by atoms with van der Waals surface area (Å²) in [6.45, 7) is 4.50. The van der Waals surface area contributed by atoms with E-state index in [4.69, 9.17) is 4.74 Å². The number of hydrogen-bond donors (Lipinski definition) is 0. The zero-order valence-electron chi connectivity index (χ0n) is 21.0. The minimum Gasteiger partial charge on any atom is -0.497 e. The van der Waals surface area contributed by atoms with Crippen LogP contribution in [0.15, 0.2) is 77.7 Å². The maximum absolute atomic E-state index is 13.9. The van der Waals surface area contributed by atoms with Crippen LogP contribution in [0, 0.1) is 6.92 Å². The number of nitrogens with zero attached hydrogens (tertiary/aromatic N) is 3. The second kappa shape index (κ2) is 10.7. The molecule has 0 bridgehead atoms. The van der Waals surface area contributed by atoms with E-state index in [0.717, 1.165) is 38.0 Å². The maximum Gasteiger partial charge on any atom is 0.264 e. The summed E-state index contributed by atoms with van der Waals surface area (Å²) in [4.78, 5) is 4.81. The third kappa shape index (κ3) is 5.80. The monoisotopic (exact) mass is 493 g/mol. The van der Waals surface area contributed by atoms with Gasteiger partial charge in [-0.1, -0.05) is 35.9 Å². The first kappa shape index (κ1) is 25.1. The van der Waals surface area contributed by atoms with Gasteiger partial charge in [-0.15, -0.1) is 0 Å². The van der Waals surface area contributed by atoms with Gasteiger partial charge in [0.25, 0.3) is 10.0 Å². The van der Waals surface area contributed by atoms with Crippen LogP contribution in [0.2, 0.25) is 0 Å². The van der Waals surface area contributed by atoms with E-state index in [1.54, 1.807) is 23.5 Å². The summed E-state index contributed by atoms with van der Waals surface area (Å²) in [6, 6.07) is 22.9. The van der Waals surface area contributed by atoms with E-state index in [2.05, 4.69) is 34.1 Å². The summed E-state index contributed by atoms with van der Waals surface area (Å²) in [5.41, 5.74) is 4.13. The summed E-state index contributed by atoms with van der Waals surface area (Å²) in [5, 5.41) is 0. The van der Waals surface area contributed by atoms with Crippen molar-refractivity contribution in [3.05, 3.63) is 83.9 Å². The lowest BCUT2D eigenvalue weighted by Gasteiger charge is -2.39. The zero-order valence-corrected chi connectivity index (χ0v) is 21.8. The lowest BCUT2D eigenvalue weighted by atomic mass is 10.0. The van der Waals surface area contributed by atoms with Gasteiger partial charge in [-0.25, -0.2) is 8.42 Å². The van der Waals surface area contributed by atoms with Crippen LogP contribution in [-0.2, 0) is 16.6 Å². The summed E-state index contributed by atoms with van der Waals surface area (Å²) >= 11 is 0. The lowest BCUT2D eigenvalue weighted by molar-refractivity contribution is 0.206. The fourth-order valence-electron chi connectivity index (χ4n) is 4.59. The molecule has 186 valence electrons. The first-order valence-electron chi connectivity index (χ1n) is 12.0. The van der Waals surface area contributed by atoms with E-state index in [1.165, 1.54) is 11.3 Å². The molecule has 6 nitrogen and oxygen atoms in total. The second-order valence-electron chi connectivity index (χ2n) is 9.38. The number of aryl methyl sites for hydroxylation is 1. The van der Waals surface area contributed by atoms with E-state index in [9.17, 15) is 8.42 Å². The van der Waals surface area contributed by atoms with Crippen molar-refractivity contribution in [2.75, 3.05) is 43.5 Å². The summed E-state index contributed by atoms with van der Waals surface area (Å²) in [7, 11) is 1.95. The standard InChI is InChI=1S/C28H35N3O3S/c1-22-8-14-28(15-9-22)35(32,33)31(26-6-5-7-27(20-26)34-4)25-16-18-30(19-17-25)21-23-10-12-24(13-11-23)29(2)3/h5-15,20,25H,16-19,21H2,1-4H3. The quantitative estimate of drug-likeness (QED) is 0.445. The molecule has 0 aliphatic carbocycles. The highest BCUT2D eigenvalue weighted by Crippen LogP contribution is 2.33. The number of benzene rings is 3. The van der Waals surface area contributed by atoms with Crippen LogP contribution in [0.3, 0.4) is 0 Å². The number of methoxy groups -OCH3 is 1. The Morgan fingerprint density at radius 1 is 0.914 bits per heavy atom. The molecule has 1 fully saturated rings. The van der Waals surface area contributed by atoms with E-state index < -0.39 is 10.0 Å². The Morgan fingerprint density at radius 2 is 1.57 bits per heavy atom. The highest BCUT2D eigenvalue weighted by atomic mass is 32.2. The van der Waals surface area contributed by atoms with Gasteiger partial charge in [-0.3, -0.25) is 9.21 Å². The minimum absolute atomic E-state index is 0.124. The number of ether oxygens (including phenoxy) is 1. The fourth-order valence-corrected chi connectivity index (χ4v) is 6.29. The van der Waals surface area contributed by atoms with Crippen molar-refractivity contribution in [3.63, 3.8) is 0 Å². The van der Waals surface area contributed by atoms with Crippen LogP contribution in [0.25, 0.3) is 0 Å². The Labute approximate surface area is 209 Å². The molecule has 3 aromatic rings. The summed E-state index contributed by atoms with van der Waals surface area (Å²) in [6.07, 6.45) is 1.52. The third-order valence-corrected chi connectivity index (χ3v) is 8.53. The van der Waals surface area contributed by atoms with E-state index in [-0.39, 0.29) is 6.04 Å². The third-order valence-electron chi connectivity index (χ3n) is 6.63. The Balaban J connectivity index is 1.55. The molecule has 35 heavy (non-hydrogen) atoms. The van der Waals surface area contributed by atoms with Gasteiger partial charge in [-0.05, 0) is 61.7 Å². The van der Waals surface area contributed by atoms with Crippen molar-refractivity contribution in [2.24, 2.45) is 0 Å². The maximum atomic E-state index is 13.9. The number of likely N-dealkylation sites (tertiary alicyclic amines) is 1. The molecule has 0 spiro atoms. The summed E-state index contributed by atoms with van der Waals surface area (Å²) in [5.74, 6) is 0.644. The minimum atomic E-state index is -3.73. The molecule has 0 N–H and O–H groups in total. The summed E-state index contributed by atoms with van der Waals surface area (Å²) < 4.78 is 34.8. The van der Waals surface area contributed by atoms with Gasteiger partial charge in [0.2, 0.25) is 0 Å². The molecule has 7 heteroatoms. The lowest BCUT2D eigenvalue weighted by Crippen LogP contribution is -2.47. The van der Waals surface area contributed by atoms with Gasteiger partial charge in [0.05, 0.1) is 17.7 Å². The molecule has 0 saturated carbocycles. The fraction of sp³-hybridized carbons (Fsp3) is 0.357. The number of piperidine rings is 1. The van der Waals surface area contributed by atoms with E-state index in [1.807, 2.05) is 57.4 Å². The Morgan fingerprint density at radius 3 is 2.17 bits per heavy atom. The molecular formula is C28H35N3O3S. The molecule has 1 heterocycles. The number of sulfonamides is 1. The normalized spacial score (nSPS) is 15.1. The van der Waals surface area contributed by atoms with Crippen molar-refractivity contribution in [1.82, 2.24) is 4.90 Å². The largest absolute Gasteiger partial charge is 0.497 e. The smallest absolute Gasteiger partial charge is 0.264 e. The predicted octanol–water partition coefficient (Wildman–Crippen LogP) is 4.93. The van der Waals surface area contributed by atoms with Crippen LogP contribution in [0.1, 0.15) is 24.0 Å². The first-order valence-corrected chi connectivity index (χ1v) is 13.5. The van der Waals surface area contributed by atoms with Crippen LogP contribution < -0.4 is 13.9 Å². The molecule has 1 aliphatic heterocycles. The molecule has 1 saturated heterocycles. The molecular weight excluding hydrogens is 458 g/mol. The predicted molar refractivity (Wildman–Crippen MR) is 143 cm³/mol. The van der Waals surface area contributed by atoms with Crippen molar-refractivity contribution in [2.45, 2.75) is 37.2 Å². The molecule has 0 aromatic heterocycles. The van der Waals surface area contributed by atoms with Gasteiger partial charge < -0.3 is 9.64 Å². The topological polar surface area (TPSA) is 53.1 Å². The molecule has 1 aliphatic rings. The highest BCUT2D eigenvalue weighted by Gasteiger charge is 2.34. The Hall–Kier alpha value is -3.03. The van der Waals surface area contributed by atoms with Crippen LogP contribution in [-0.4, -0.2) is 53.7 Å². The SMILES string of the molecule is COc1cccc(N(C2CCN(Cc3ccc(N(C)C)cc3)CC2)S(=O)(=O)c2ccc(C)cc2)c1. The number of hydrogen-bond acceptors (Lipinski definition) is 5. The van der Waals surface area contributed by atoms with Gasteiger partial charge in [0, 0.05) is 51.5 Å². The van der Waals surface area contributed by atoms with Crippen LogP contribution in [0.4, 0.5) is 11.4 Å². The van der Waals surface area contributed by atoms with E-state index in [0.29, 0.717) is 16.3 Å². The number of anilines is 2. The van der Waals surface area contributed by atoms with Gasteiger partial charge >= 0.3 is 0 Å². The van der Waals surface area contributed by atoms with Crippen molar-refractivity contribution < 1.29 is 13.2 Å². The molecule has 0 unspecified atom stereocenters. The van der Waals surface area contributed by atoms with E-state index >= 15 is 0 Å². The van der Waals surface area contributed by atoms with Gasteiger partial charge in [0.1, 0.15) is 5.75 Å². The van der Waals surface area contributed by atoms with Crippen molar-refractivity contribution in [3.8, 4) is 5.75 Å². The van der Waals surface area contributed by atoms with Gasteiger partial charge in [-0.2, -0.15) is 0 Å². The average Bonchev–Trinajstić information content (AvgIpc) is 2.86. The molecule has 0 atom stereocenters. The number of rotatable bonds is 8. The average molecular weight is 494 g/mol. The first-order chi connectivity index (χ1) is 16.8. The highest BCUT2D eigenvalue weighted by molar-refractivity contribution is 7.92. The van der Waals surface area contributed by atoms with Crippen molar-refractivity contribution in [1.29, 1.82) is 0 Å². The molecule has 0 amide bonds. The zero-order chi connectivity index (χ0) is 25.0. The van der Waals surface area contributed by atoms with Crippen molar-refractivity contribution >= 4 is 21.4 Å². The van der Waals surface area contributed by atoms with Gasteiger partial charge in [0.15, 0.2) is 0 Å². The molecule has 3 aromatic carbocycles. The molecule has 0 radical (unpaired) electrons. The Kier molecular flexibility index (Phi) is 7.67. The molecule has 4 rings (SSSR count).